The number of aromatic nitrogens is 1. The second-order valence-electron chi connectivity index (χ2n) is 6.34. The van der Waals surface area contributed by atoms with Gasteiger partial charge in [-0.2, -0.15) is 0 Å². The maximum atomic E-state index is 12.5. The minimum atomic E-state index is -3.69. The van der Waals surface area contributed by atoms with E-state index in [0.717, 1.165) is 38.4 Å². The van der Waals surface area contributed by atoms with Gasteiger partial charge in [-0.15, -0.1) is 0 Å². The molecule has 1 aliphatic rings. The predicted molar refractivity (Wildman–Crippen MR) is 106 cm³/mol. The highest BCUT2D eigenvalue weighted by molar-refractivity contribution is 7.92. The smallest absolute Gasteiger partial charge is 0.263 e. The Morgan fingerprint density at radius 1 is 1.15 bits per heavy atom. The Morgan fingerprint density at radius 3 is 2.46 bits per heavy atom. The fourth-order valence-corrected chi connectivity index (χ4v) is 4.15. The van der Waals surface area contributed by atoms with Gasteiger partial charge in [0.1, 0.15) is 5.82 Å². The topological polar surface area (TPSA) is 65.5 Å². The summed E-state index contributed by atoms with van der Waals surface area (Å²) in [7, 11) is -3.69. The molecule has 1 N–H and O–H groups in total. The van der Waals surface area contributed by atoms with Crippen LogP contribution in [0.2, 0.25) is 5.02 Å². The number of pyridine rings is 1. The van der Waals surface area contributed by atoms with Crippen LogP contribution in [0.4, 0.5) is 11.5 Å². The normalized spacial score (nSPS) is 15.9. The maximum Gasteiger partial charge on any atom is 0.263 e. The zero-order valence-electron chi connectivity index (χ0n) is 14.9. The van der Waals surface area contributed by atoms with Gasteiger partial charge in [0.15, 0.2) is 0 Å². The standard InChI is InChI=1S/C18H23ClN4O2S/c1-3-22-8-10-23(11-9-22)15-4-7-18(20-13-15)21-26(24,25)16-5-6-17(19)14(2)12-16/h4-7,12-13H,3,8-11H2,1-2H3,(H,20,21). The molecule has 0 saturated carbocycles. The zero-order valence-corrected chi connectivity index (χ0v) is 16.5. The van der Waals surface area contributed by atoms with Gasteiger partial charge in [-0.1, -0.05) is 18.5 Å². The first-order valence-corrected chi connectivity index (χ1v) is 10.5. The van der Waals surface area contributed by atoms with Crippen LogP contribution < -0.4 is 9.62 Å². The maximum absolute atomic E-state index is 12.5. The van der Waals surface area contributed by atoms with Gasteiger partial charge in [0.05, 0.1) is 16.8 Å². The number of sulfonamides is 1. The molecule has 1 fully saturated rings. The van der Waals surface area contributed by atoms with Gasteiger partial charge in [0.2, 0.25) is 0 Å². The van der Waals surface area contributed by atoms with E-state index in [1.165, 1.54) is 6.07 Å². The van der Waals surface area contributed by atoms with E-state index in [1.54, 1.807) is 31.3 Å². The summed E-state index contributed by atoms with van der Waals surface area (Å²) in [6.07, 6.45) is 1.71. The van der Waals surface area contributed by atoms with Crippen molar-refractivity contribution in [3.8, 4) is 0 Å². The van der Waals surface area contributed by atoms with Crippen molar-refractivity contribution in [1.29, 1.82) is 0 Å². The molecule has 0 radical (unpaired) electrons. The van der Waals surface area contributed by atoms with Crippen LogP contribution in [0, 0.1) is 6.92 Å². The number of benzene rings is 1. The van der Waals surface area contributed by atoms with Crippen molar-refractivity contribution in [2.24, 2.45) is 0 Å². The van der Waals surface area contributed by atoms with Gasteiger partial charge in [-0.05, 0) is 49.4 Å². The van der Waals surface area contributed by atoms with E-state index in [0.29, 0.717) is 16.4 Å². The quantitative estimate of drug-likeness (QED) is 0.844. The average molecular weight is 395 g/mol. The third kappa shape index (κ3) is 4.28. The lowest BCUT2D eigenvalue weighted by Gasteiger charge is -2.35. The third-order valence-electron chi connectivity index (χ3n) is 4.61. The van der Waals surface area contributed by atoms with E-state index in [1.807, 2.05) is 6.07 Å². The summed E-state index contributed by atoms with van der Waals surface area (Å²) in [4.78, 5) is 9.11. The molecular formula is C18H23ClN4O2S. The average Bonchev–Trinajstić information content (AvgIpc) is 2.64. The molecule has 2 heterocycles. The number of hydrogen-bond donors (Lipinski definition) is 1. The SMILES string of the molecule is CCN1CCN(c2ccc(NS(=O)(=O)c3ccc(Cl)c(C)c3)nc2)CC1. The molecule has 0 aliphatic carbocycles. The number of rotatable bonds is 5. The van der Waals surface area contributed by atoms with E-state index in [9.17, 15) is 8.42 Å². The third-order valence-corrected chi connectivity index (χ3v) is 6.39. The fraction of sp³-hybridized carbons (Fsp3) is 0.389. The summed E-state index contributed by atoms with van der Waals surface area (Å²) in [6.45, 7) is 8.96. The van der Waals surface area contributed by atoms with Gasteiger partial charge in [-0.25, -0.2) is 13.4 Å². The number of halogens is 1. The first-order chi connectivity index (χ1) is 12.4. The van der Waals surface area contributed by atoms with Crippen molar-refractivity contribution in [1.82, 2.24) is 9.88 Å². The van der Waals surface area contributed by atoms with Gasteiger partial charge in [0, 0.05) is 31.2 Å². The lowest BCUT2D eigenvalue weighted by atomic mass is 10.2. The van der Waals surface area contributed by atoms with Crippen LogP contribution in [-0.4, -0.2) is 51.0 Å². The fourth-order valence-electron chi connectivity index (χ4n) is 2.94. The van der Waals surface area contributed by atoms with Crippen LogP contribution >= 0.6 is 11.6 Å². The van der Waals surface area contributed by atoms with Gasteiger partial charge in [0.25, 0.3) is 10.0 Å². The highest BCUT2D eigenvalue weighted by atomic mass is 35.5. The number of piperazine rings is 1. The molecule has 1 aliphatic heterocycles. The summed E-state index contributed by atoms with van der Waals surface area (Å²) < 4.78 is 27.5. The predicted octanol–water partition coefficient (Wildman–Crippen LogP) is 2.99. The minimum Gasteiger partial charge on any atom is -0.368 e. The van der Waals surface area contributed by atoms with Crippen LogP contribution in [0.15, 0.2) is 41.4 Å². The van der Waals surface area contributed by atoms with Crippen LogP contribution in [0.25, 0.3) is 0 Å². The van der Waals surface area contributed by atoms with Crippen LogP contribution in [-0.2, 0) is 10.0 Å². The van der Waals surface area contributed by atoms with Crippen LogP contribution in [0.5, 0.6) is 0 Å². The lowest BCUT2D eigenvalue weighted by Crippen LogP contribution is -2.46. The summed E-state index contributed by atoms with van der Waals surface area (Å²) in [5.41, 5.74) is 1.72. The first kappa shape index (κ1) is 18.9. The Morgan fingerprint density at radius 2 is 1.88 bits per heavy atom. The monoisotopic (exact) mass is 394 g/mol. The number of nitrogens with one attached hydrogen (secondary N) is 1. The summed E-state index contributed by atoms with van der Waals surface area (Å²) in [5.74, 6) is 0.300. The van der Waals surface area contributed by atoms with Gasteiger partial charge in [-0.3, -0.25) is 4.72 Å². The van der Waals surface area contributed by atoms with E-state index in [-0.39, 0.29) is 4.90 Å². The molecule has 1 aromatic carbocycles. The Kier molecular flexibility index (Phi) is 5.70. The molecule has 0 bridgehead atoms. The van der Waals surface area contributed by atoms with Crippen molar-refractivity contribution in [3.63, 3.8) is 0 Å². The van der Waals surface area contributed by atoms with Crippen LogP contribution in [0.1, 0.15) is 12.5 Å². The second-order valence-corrected chi connectivity index (χ2v) is 8.43. The van der Waals surface area contributed by atoms with Crippen molar-refractivity contribution in [3.05, 3.63) is 47.1 Å². The number of hydrogen-bond acceptors (Lipinski definition) is 5. The Labute approximate surface area is 159 Å². The van der Waals surface area contributed by atoms with Gasteiger partial charge < -0.3 is 9.80 Å². The van der Waals surface area contributed by atoms with E-state index in [4.69, 9.17) is 11.6 Å². The molecule has 3 rings (SSSR count). The molecule has 2 aromatic rings. The summed E-state index contributed by atoms with van der Waals surface area (Å²) >= 11 is 5.97. The molecule has 0 atom stereocenters. The van der Waals surface area contributed by atoms with E-state index < -0.39 is 10.0 Å². The molecule has 0 amide bonds. The molecule has 1 aromatic heterocycles. The Balaban J connectivity index is 1.70. The Bertz CT molecular complexity index is 863. The first-order valence-electron chi connectivity index (χ1n) is 8.61. The molecule has 8 heteroatoms. The van der Waals surface area contributed by atoms with Crippen molar-refractivity contribution in [2.45, 2.75) is 18.7 Å². The van der Waals surface area contributed by atoms with Crippen molar-refractivity contribution < 1.29 is 8.42 Å². The van der Waals surface area contributed by atoms with Crippen molar-refractivity contribution in [2.75, 3.05) is 42.3 Å². The molecule has 1 saturated heterocycles. The number of likely N-dealkylation sites (N-methyl/N-ethyl adjacent to an activating group) is 1. The minimum absolute atomic E-state index is 0.168. The largest absolute Gasteiger partial charge is 0.368 e. The molecule has 26 heavy (non-hydrogen) atoms. The zero-order chi connectivity index (χ0) is 18.7. The second kappa shape index (κ2) is 7.82. The summed E-state index contributed by atoms with van der Waals surface area (Å²) in [5, 5.41) is 0.537. The number of nitrogens with zero attached hydrogens (tertiary/aromatic N) is 3. The molecule has 0 spiro atoms. The highest BCUT2D eigenvalue weighted by Crippen LogP contribution is 2.22. The van der Waals surface area contributed by atoms with Crippen molar-refractivity contribution >= 4 is 33.1 Å². The number of anilines is 2. The summed E-state index contributed by atoms with van der Waals surface area (Å²) in [6, 6.07) is 8.21. The molecular weight excluding hydrogens is 372 g/mol. The van der Waals surface area contributed by atoms with E-state index >= 15 is 0 Å². The number of aryl methyl sites for hydroxylation is 1. The van der Waals surface area contributed by atoms with Crippen LogP contribution in [0.3, 0.4) is 0 Å². The highest BCUT2D eigenvalue weighted by Gasteiger charge is 2.18. The lowest BCUT2D eigenvalue weighted by molar-refractivity contribution is 0.271. The molecule has 0 unspecified atom stereocenters. The Hall–Kier alpha value is -1.83. The molecule has 140 valence electrons. The van der Waals surface area contributed by atoms with E-state index in [2.05, 4.69) is 26.4 Å². The van der Waals surface area contributed by atoms with Gasteiger partial charge >= 0.3 is 0 Å². The molecule has 6 nitrogen and oxygen atoms in total.